The van der Waals surface area contributed by atoms with Crippen LogP contribution in [0.4, 0.5) is 0 Å². The molecule has 0 N–H and O–H groups in total. The van der Waals surface area contributed by atoms with Crippen LogP contribution in [0.25, 0.3) is 87.6 Å². The largest absolute Gasteiger partial charge is 0.456 e. The highest BCUT2D eigenvalue weighted by atomic mass is 16.3. The summed E-state index contributed by atoms with van der Waals surface area (Å²) in [5.74, 6) is 0. The van der Waals surface area contributed by atoms with Crippen molar-refractivity contribution >= 4 is 54.3 Å². The van der Waals surface area contributed by atoms with Crippen molar-refractivity contribution in [1.82, 2.24) is 0 Å². The molecule has 0 saturated carbocycles. The molecule has 1 heteroatoms. The van der Waals surface area contributed by atoms with Gasteiger partial charge in [0.1, 0.15) is 11.2 Å². The van der Waals surface area contributed by atoms with Gasteiger partial charge in [0.05, 0.1) is 0 Å². The third kappa shape index (κ3) is 3.46. The zero-order chi connectivity index (χ0) is 30.6. The van der Waals surface area contributed by atoms with E-state index in [1.807, 2.05) is 0 Å². The first kappa shape index (κ1) is 25.6. The molecule has 1 aliphatic rings. The highest BCUT2D eigenvalue weighted by molar-refractivity contribution is 6.26. The molecule has 1 aliphatic carbocycles. The van der Waals surface area contributed by atoms with Crippen molar-refractivity contribution in [2.75, 3.05) is 0 Å². The van der Waals surface area contributed by atoms with Gasteiger partial charge in [0.25, 0.3) is 0 Å². The van der Waals surface area contributed by atoms with E-state index >= 15 is 0 Å². The second-order valence-corrected chi connectivity index (χ2v) is 13.3. The fraction of sp³-hybridized carbons (Fsp3) is 0.0667. The van der Waals surface area contributed by atoms with Gasteiger partial charge in [0.2, 0.25) is 0 Å². The van der Waals surface area contributed by atoms with E-state index in [0.717, 1.165) is 16.6 Å². The summed E-state index contributed by atoms with van der Waals surface area (Å²) >= 11 is 0. The SMILES string of the molecule is CC1(C)c2ccccc2-c2ccc(-c3ccc4oc5ccc(-c6ccc7ccccc7c6)c6cccc(c7cccc3c47)c56)cc21. The quantitative estimate of drug-likeness (QED) is 0.196. The Hall–Kier alpha value is -5.66. The third-order valence-electron chi connectivity index (χ3n) is 10.5. The Balaban J connectivity index is 1.23. The van der Waals surface area contributed by atoms with E-state index in [4.69, 9.17) is 4.42 Å². The Morgan fingerprint density at radius 3 is 1.65 bits per heavy atom. The Morgan fingerprint density at radius 2 is 0.935 bits per heavy atom. The summed E-state index contributed by atoms with van der Waals surface area (Å²) in [5, 5.41) is 9.67. The molecule has 46 heavy (non-hydrogen) atoms. The van der Waals surface area contributed by atoms with Crippen LogP contribution in [0.2, 0.25) is 0 Å². The minimum absolute atomic E-state index is 0.0467. The van der Waals surface area contributed by atoms with Crippen molar-refractivity contribution in [3.05, 3.63) is 157 Å². The third-order valence-corrected chi connectivity index (χ3v) is 10.5. The zero-order valence-corrected chi connectivity index (χ0v) is 25.8. The van der Waals surface area contributed by atoms with E-state index in [1.54, 1.807) is 0 Å². The molecule has 8 aromatic carbocycles. The van der Waals surface area contributed by atoms with Crippen LogP contribution in [0.15, 0.2) is 150 Å². The molecule has 9 aromatic rings. The number of hydrogen-bond acceptors (Lipinski definition) is 1. The number of hydrogen-bond donors (Lipinski definition) is 0. The summed E-state index contributed by atoms with van der Waals surface area (Å²) in [6.45, 7) is 4.70. The van der Waals surface area contributed by atoms with Gasteiger partial charge in [-0.25, -0.2) is 0 Å². The van der Waals surface area contributed by atoms with Gasteiger partial charge in [-0.15, -0.1) is 0 Å². The van der Waals surface area contributed by atoms with Crippen molar-refractivity contribution in [3.8, 4) is 33.4 Å². The second-order valence-electron chi connectivity index (χ2n) is 13.3. The molecule has 0 aliphatic heterocycles. The topological polar surface area (TPSA) is 13.1 Å². The molecule has 0 unspecified atom stereocenters. The fourth-order valence-electron chi connectivity index (χ4n) is 8.22. The predicted octanol–water partition coefficient (Wildman–Crippen LogP) is 12.7. The van der Waals surface area contributed by atoms with Gasteiger partial charge in [0, 0.05) is 16.2 Å². The van der Waals surface area contributed by atoms with Gasteiger partial charge < -0.3 is 4.42 Å². The summed E-state index contributed by atoms with van der Waals surface area (Å²) in [5.41, 5.74) is 12.1. The van der Waals surface area contributed by atoms with Crippen LogP contribution in [0.1, 0.15) is 25.0 Å². The smallest absolute Gasteiger partial charge is 0.135 e. The maximum Gasteiger partial charge on any atom is 0.135 e. The summed E-state index contributed by atoms with van der Waals surface area (Å²) in [6, 6.07) is 53.4. The molecule has 0 bridgehead atoms. The number of benzene rings is 8. The molecule has 0 amide bonds. The summed E-state index contributed by atoms with van der Waals surface area (Å²) in [6.07, 6.45) is 0. The van der Waals surface area contributed by atoms with Crippen LogP contribution in [0.3, 0.4) is 0 Å². The van der Waals surface area contributed by atoms with Gasteiger partial charge in [-0.3, -0.25) is 0 Å². The van der Waals surface area contributed by atoms with Crippen molar-refractivity contribution < 1.29 is 4.42 Å². The highest BCUT2D eigenvalue weighted by Gasteiger charge is 2.35. The van der Waals surface area contributed by atoms with Crippen LogP contribution >= 0.6 is 0 Å². The first-order valence-corrected chi connectivity index (χ1v) is 16.1. The van der Waals surface area contributed by atoms with Crippen LogP contribution < -0.4 is 0 Å². The van der Waals surface area contributed by atoms with Crippen LogP contribution in [-0.2, 0) is 5.41 Å². The lowest BCUT2D eigenvalue weighted by atomic mass is 9.81. The monoisotopic (exact) mass is 586 g/mol. The standard InChI is InChI=1S/C45H30O/c1-45(2)39-16-6-5-11-33(39)34-20-19-30(26-40(34)45)32-22-24-42-44-36(32)13-8-15-38(44)37-14-7-12-35-31(21-23-41(46-42)43(35)37)29-18-17-27-9-3-4-10-28(27)25-29/h3-26H,1-2H3. The summed E-state index contributed by atoms with van der Waals surface area (Å²) in [7, 11) is 0. The van der Waals surface area contributed by atoms with E-state index in [0.29, 0.717) is 0 Å². The zero-order valence-electron chi connectivity index (χ0n) is 25.8. The van der Waals surface area contributed by atoms with Crippen LogP contribution in [-0.4, -0.2) is 0 Å². The van der Waals surface area contributed by atoms with Gasteiger partial charge in [-0.05, 0) is 101 Å². The fourth-order valence-corrected chi connectivity index (χ4v) is 8.22. The normalized spacial score (nSPS) is 13.6. The van der Waals surface area contributed by atoms with Crippen LogP contribution in [0.5, 0.6) is 0 Å². The van der Waals surface area contributed by atoms with E-state index in [2.05, 4.69) is 159 Å². The van der Waals surface area contributed by atoms with Crippen LogP contribution in [0, 0.1) is 0 Å². The Morgan fingerprint density at radius 1 is 0.391 bits per heavy atom. The van der Waals surface area contributed by atoms with Gasteiger partial charge in [-0.2, -0.15) is 0 Å². The van der Waals surface area contributed by atoms with Gasteiger partial charge in [-0.1, -0.05) is 135 Å². The van der Waals surface area contributed by atoms with E-state index in [9.17, 15) is 0 Å². The lowest BCUT2D eigenvalue weighted by Crippen LogP contribution is -2.14. The first-order valence-electron chi connectivity index (χ1n) is 16.1. The summed E-state index contributed by atoms with van der Waals surface area (Å²) in [4.78, 5) is 0. The molecule has 216 valence electrons. The van der Waals surface area contributed by atoms with E-state index in [1.165, 1.54) is 82.2 Å². The number of rotatable bonds is 2. The molecule has 1 nitrogen and oxygen atoms in total. The van der Waals surface area contributed by atoms with Gasteiger partial charge >= 0.3 is 0 Å². The maximum absolute atomic E-state index is 6.85. The van der Waals surface area contributed by atoms with Crippen molar-refractivity contribution in [2.45, 2.75) is 19.3 Å². The molecule has 0 atom stereocenters. The highest BCUT2D eigenvalue weighted by Crippen LogP contribution is 2.50. The van der Waals surface area contributed by atoms with Gasteiger partial charge in [0.15, 0.2) is 0 Å². The molecular weight excluding hydrogens is 556 g/mol. The van der Waals surface area contributed by atoms with Crippen molar-refractivity contribution in [3.63, 3.8) is 0 Å². The Bertz CT molecular complexity index is 2720. The molecule has 10 rings (SSSR count). The molecule has 1 aromatic heterocycles. The van der Waals surface area contributed by atoms with Crippen molar-refractivity contribution in [1.29, 1.82) is 0 Å². The average molecular weight is 587 g/mol. The number of fused-ring (bicyclic) bond motifs is 5. The molecular formula is C45H30O. The second kappa shape index (κ2) is 9.19. The summed E-state index contributed by atoms with van der Waals surface area (Å²) < 4.78 is 6.85. The predicted molar refractivity (Wildman–Crippen MR) is 195 cm³/mol. The van der Waals surface area contributed by atoms with E-state index < -0.39 is 0 Å². The molecule has 0 fully saturated rings. The van der Waals surface area contributed by atoms with E-state index in [-0.39, 0.29) is 5.41 Å². The lowest BCUT2D eigenvalue weighted by Gasteiger charge is -2.22. The molecule has 0 saturated heterocycles. The molecule has 1 heterocycles. The lowest BCUT2D eigenvalue weighted by molar-refractivity contribution is 0.660. The minimum Gasteiger partial charge on any atom is -0.456 e. The van der Waals surface area contributed by atoms with Crippen molar-refractivity contribution in [2.24, 2.45) is 0 Å². The molecule has 0 spiro atoms. The first-order chi connectivity index (χ1) is 22.6. The minimum atomic E-state index is -0.0467. The Labute approximate surface area is 267 Å². The molecule has 0 radical (unpaired) electrons. The average Bonchev–Trinajstić information content (AvgIpc) is 3.23. The Kier molecular flexibility index (Phi) is 5.12. The maximum atomic E-state index is 6.85.